The van der Waals surface area contributed by atoms with Crippen LogP contribution in [0.15, 0.2) is 60.7 Å². The van der Waals surface area contributed by atoms with Crippen LogP contribution in [-0.4, -0.2) is 9.13 Å². The summed E-state index contributed by atoms with van der Waals surface area (Å²) in [7, 11) is 0. The fourth-order valence-electron chi connectivity index (χ4n) is 3.27. The first-order valence-corrected chi connectivity index (χ1v) is 8.99. The lowest BCUT2D eigenvalue weighted by molar-refractivity contribution is 0.410. The van der Waals surface area contributed by atoms with Crippen LogP contribution in [0.5, 0.6) is 0 Å². The second-order valence-corrected chi connectivity index (χ2v) is 8.74. The van der Waals surface area contributed by atoms with E-state index in [1.54, 1.807) is 9.13 Å². The molecule has 0 bridgehead atoms. The van der Waals surface area contributed by atoms with Crippen molar-refractivity contribution in [1.29, 1.82) is 0 Å². The summed E-state index contributed by atoms with van der Waals surface area (Å²) in [6.07, 6.45) is 0.636. The van der Waals surface area contributed by atoms with E-state index in [1.165, 1.54) is 12.4 Å². The van der Waals surface area contributed by atoms with Crippen LogP contribution in [0.2, 0.25) is 0 Å². The number of hydrogen-bond acceptors (Lipinski definition) is 0. The quantitative estimate of drug-likeness (QED) is 0.373. The molecule has 0 N–H and O–H groups in total. The number of hydrogen-bond donors (Lipinski definition) is 0. The molecule has 0 amide bonds. The van der Waals surface area contributed by atoms with Crippen LogP contribution >= 0.6 is 0 Å². The number of aromatic nitrogens is 2. The zero-order valence-corrected chi connectivity index (χ0v) is 16.5. The van der Waals surface area contributed by atoms with Crippen LogP contribution in [0.1, 0.15) is 66.4 Å². The van der Waals surface area contributed by atoms with Crippen molar-refractivity contribution in [2.75, 3.05) is 0 Å². The summed E-state index contributed by atoms with van der Waals surface area (Å²) in [5.41, 5.74) is -0.923. The molecule has 0 unspecified atom stereocenters. The summed E-state index contributed by atoms with van der Waals surface area (Å²) in [5.74, 6) is 0. The van der Waals surface area contributed by atoms with E-state index in [4.69, 9.17) is 11.0 Å². The molecule has 0 aliphatic heterocycles. The molecular formula is C25H30N2. The van der Waals surface area contributed by atoms with Crippen molar-refractivity contribution < 1.29 is 13.7 Å². The van der Waals surface area contributed by atoms with Crippen molar-refractivity contribution in [3.05, 3.63) is 71.9 Å². The van der Waals surface area contributed by atoms with Crippen molar-refractivity contribution >= 4 is 21.8 Å². The average molecular weight is 369 g/mol. The maximum Gasteiger partial charge on any atom is 0.0645 e. The highest BCUT2D eigenvalue weighted by molar-refractivity contribution is 5.88. The van der Waals surface area contributed by atoms with Crippen LogP contribution in [0, 0.1) is 0 Å². The van der Waals surface area contributed by atoms with Gasteiger partial charge in [0.2, 0.25) is 0 Å². The maximum absolute atomic E-state index is 9.33. The van der Waals surface area contributed by atoms with E-state index in [9.17, 15) is 2.74 Å². The topological polar surface area (TPSA) is 9.86 Å². The minimum Gasteiger partial charge on any atom is -0.342 e. The van der Waals surface area contributed by atoms with E-state index >= 15 is 0 Å². The van der Waals surface area contributed by atoms with Crippen molar-refractivity contribution in [2.24, 2.45) is 0 Å². The SMILES string of the molecule is [2H]c1c([2H])c([2H])c2c(c(C([2H])([2H])c3cn(C(C)(C)C)c4c([2H])c([2H])c([2H])c([2H])c34)cn2C(C)(C)C)c1[2H]. The summed E-state index contributed by atoms with van der Waals surface area (Å²) in [4.78, 5) is 0. The Morgan fingerprint density at radius 3 is 1.44 bits per heavy atom. The second kappa shape index (κ2) is 6.02. The highest BCUT2D eigenvalue weighted by Gasteiger charge is 2.21. The molecule has 2 nitrogen and oxygen atoms in total. The van der Waals surface area contributed by atoms with Gasteiger partial charge in [0.15, 0.2) is 0 Å². The lowest BCUT2D eigenvalue weighted by atomic mass is 10.0. The van der Waals surface area contributed by atoms with Crippen LogP contribution < -0.4 is 0 Å². The third-order valence-electron chi connectivity index (χ3n) is 4.59. The predicted octanol–water partition coefficient (Wildman–Crippen LogP) is 6.70. The summed E-state index contributed by atoms with van der Waals surface area (Å²) in [6.45, 7) is 11.1. The number of fused-ring (bicyclic) bond motifs is 2. The molecule has 0 aliphatic carbocycles. The first-order chi connectivity index (χ1) is 16.7. The summed E-state index contributed by atoms with van der Waals surface area (Å²) >= 11 is 0. The molecular weight excluding hydrogens is 328 g/mol. The molecule has 2 aromatic heterocycles. The fourth-order valence-corrected chi connectivity index (χ4v) is 3.27. The van der Waals surface area contributed by atoms with E-state index in [0.29, 0.717) is 0 Å². The Hall–Kier alpha value is -2.48. The zero-order valence-electron chi connectivity index (χ0n) is 26.5. The van der Waals surface area contributed by atoms with Crippen LogP contribution in [0.25, 0.3) is 21.8 Å². The number of benzene rings is 2. The first-order valence-electron chi connectivity index (χ1n) is 14.0. The molecule has 2 aromatic carbocycles. The van der Waals surface area contributed by atoms with Crippen LogP contribution in [0.4, 0.5) is 0 Å². The van der Waals surface area contributed by atoms with Gasteiger partial charge in [-0.15, -0.1) is 0 Å². The second-order valence-electron chi connectivity index (χ2n) is 8.74. The molecule has 0 spiro atoms. The van der Waals surface area contributed by atoms with Gasteiger partial charge in [0.25, 0.3) is 0 Å². The zero-order chi connectivity index (χ0) is 28.2. The lowest BCUT2D eigenvalue weighted by Crippen LogP contribution is -2.20. The van der Waals surface area contributed by atoms with Crippen molar-refractivity contribution in [3.63, 3.8) is 0 Å². The van der Waals surface area contributed by atoms with Gasteiger partial charge in [0, 0.05) is 54.4 Å². The smallest absolute Gasteiger partial charge is 0.0645 e. The van der Waals surface area contributed by atoms with Gasteiger partial charge in [0.05, 0.1) is 11.0 Å². The highest BCUT2D eigenvalue weighted by Crippen LogP contribution is 2.33. The first kappa shape index (κ1) is 9.64. The number of para-hydroxylation sites is 2. The van der Waals surface area contributed by atoms with Gasteiger partial charge in [-0.05, 0) is 64.8 Å². The number of rotatable bonds is 2. The summed E-state index contributed by atoms with van der Waals surface area (Å²) in [5, 5.41) is 0.0897. The van der Waals surface area contributed by atoms with Gasteiger partial charge in [-0.3, -0.25) is 0 Å². The Balaban J connectivity index is 2.24. The minimum atomic E-state index is -2.38. The highest BCUT2D eigenvalue weighted by atomic mass is 15.0. The molecule has 2 heteroatoms. The molecule has 0 saturated heterocycles. The third kappa shape index (κ3) is 3.07. The average Bonchev–Trinajstić information content (AvgIpc) is 3.39. The van der Waals surface area contributed by atoms with Gasteiger partial charge < -0.3 is 9.13 Å². The van der Waals surface area contributed by atoms with E-state index in [2.05, 4.69) is 0 Å². The maximum atomic E-state index is 9.33. The Morgan fingerprint density at radius 2 is 1.07 bits per heavy atom. The Labute approximate surface area is 176 Å². The third-order valence-corrected chi connectivity index (χ3v) is 4.59. The van der Waals surface area contributed by atoms with E-state index in [-0.39, 0.29) is 57.1 Å². The summed E-state index contributed by atoms with van der Waals surface area (Å²) in [6, 6.07) is -3.03. The van der Waals surface area contributed by atoms with E-state index in [0.717, 1.165) is 0 Å². The van der Waals surface area contributed by atoms with Crippen molar-refractivity contribution in [1.82, 2.24) is 9.13 Å². The fraction of sp³-hybridized carbons (Fsp3) is 0.360. The van der Waals surface area contributed by atoms with E-state index in [1.807, 2.05) is 41.5 Å². The molecule has 0 aliphatic rings. The normalized spacial score (nSPS) is 18.7. The van der Waals surface area contributed by atoms with Gasteiger partial charge in [-0.2, -0.15) is 0 Å². The molecule has 0 fully saturated rings. The Bertz CT molecular complexity index is 1480. The van der Waals surface area contributed by atoms with Gasteiger partial charge in [0.1, 0.15) is 0 Å². The van der Waals surface area contributed by atoms with Gasteiger partial charge >= 0.3 is 0 Å². The van der Waals surface area contributed by atoms with Crippen LogP contribution in [0.3, 0.4) is 0 Å². The molecule has 4 aromatic rings. The van der Waals surface area contributed by atoms with Crippen LogP contribution in [-0.2, 0) is 17.5 Å². The van der Waals surface area contributed by atoms with Gasteiger partial charge in [-0.1, -0.05) is 36.3 Å². The summed E-state index contributed by atoms with van der Waals surface area (Å²) < 4.78 is 89.2. The largest absolute Gasteiger partial charge is 0.342 e. The Kier molecular flexibility index (Phi) is 2.15. The van der Waals surface area contributed by atoms with Gasteiger partial charge in [-0.25, -0.2) is 0 Å². The molecule has 27 heavy (non-hydrogen) atoms. The Morgan fingerprint density at radius 1 is 0.704 bits per heavy atom. The minimum absolute atomic E-state index is 0.00444. The molecule has 0 radical (unpaired) electrons. The predicted molar refractivity (Wildman–Crippen MR) is 117 cm³/mol. The lowest BCUT2D eigenvalue weighted by Gasteiger charge is -2.22. The molecule has 0 saturated carbocycles. The molecule has 4 rings (SSSR count). The molecule has 0 atom stereocenters. The standard InChI is InChI=1S/C25H30N2/c1-24(2,3)26-16-18(20-11-7-9-13-22(20)26)15-19-17-27(25(4,5)6)23-14-10-8-12-21(19)23/h7-14,16-17H,15H2,1-6H3/i7D,8D,9D,10D,11D,12D,13D,14D,15D2. The van der Waals surface area contributed by atoms with Crippen molar-refractivity contribution in [2.45, 2.75) is 59.0 Å². The molecule has 2 heterocycles. The monoisotopic (exact) mass is 368 g/mol. The number of nitrogens with zero attached hydrogens (tertiary/aromatic N) is 2. The van der Waals surface area contributed by atoms with Crippen molar-refractivity contribution in [3.8, 4) is 0 Å². The molecule has 140 valence electrons. The van der Waals surface area contributed by atoms with E-state index < -0.39 is 41.6 Å².